The number of unbranched alkanes of at least 4 members (excludes halogenated alkanes) is 2. The molecular formula is C25H26N2O5S2. The predicted molar refractivity (Wildman–Crippen MR) is 137 cm³/mol. The third kappa shape index (κ3) is 6.09. The van der Waals surface area contributed by atoms with E-state index in [9.17, 15) is 9.59 Å². The molecule has 9 heteroatoms. The van der Waals surface area contributed by atoms with Gasteiger partial charge in [-0.3, -0.25) is 14.5 Å². The molecular weight excluding hydrogens is 472 g/mol. The number of hydrogen-bond acceptors (Lipinski definition) is 7. The number of nitrogens with one attached hydrogen (secondary N) is 1. The van der Waals surface area contributed by atoms with Gasteiger partial charge in [-0.1, -0.05) is 36.5 Å². The molecule has 0 bridgehead atoms. The van der Waals surface area contributed by atoms with Gasteiger partial charge in [-0.25, -0.2) is 0 Å². The highest BCUT2D eigenvalue weighted by Gasteiger charge is 2.31. The number of thiocarbonyl (C=S) groups is 1. The first-order valence-corrected chi connectivity index (χ1v) is 12.4. The Hall–Kier alpha value is -3.04. The Balaban J connectivity index is 1.19. The minimum Gasteiger partial charge on any atom is -0.494 e. The van der Waals surface area contributed by atoms with Crippen molar-refractivity contribution in [1.82, 2.24) is 4.90 Å². The fourth-order valence-electron chi connectivity index (χ4n) is 3.60. The number of carbonyl (C=O) groups excluding carboxylic acids is 2. The van der Waals surface area contributed by atoms with Crippen LogP contribution in [0.3, 0.4) is 0 Å². The van der Waals surface area contributed by atoms with Crippen LogP contribution >= 0.6 is 24.0 Å². The van der Waals surface area contributed by atoms with Crippen LogP contribution in [0.25, 0.3) is 6.08 Å². The molecule has 0 unspecified atom stereocenters. The molecule has 178 valence electrons. The van der Waals surface area contributed by atoms with Crippen molar-refractivity contribution < 1.29 is 23.8 Å². The zero-order valence-electron chi connectivity index (χ0n) is 18.9. The Bertz CT molecular complexity index is 1100. The second-order valence-corrected chi connectivity index (χ2v) is 9.44. The summed E-state index contributed by atoms with van der Waals surface area (Å²) in [5, 5.41) is 2.89. The van der Waals surface area contributed by atoms with E-state index >= 15 is 0 Å². The van der Waals surface area contributed by atoms with Gasteiger partial charge in [0.05, 0.1) is 11.5 Å². The lowest BCUT2D eigenvalue weighted by Crippen LogP contribution is -2.29. The van der Waals surface area contributed by atoms with E-state index in [1.807, 2.05) is 55.5 Å². The zero-order valence-corrected chi connectivity index (χ0v) is 20.5. The van der Waals surface area contributed by atoms with Crippen molar-refractivity contribution >= 4 is 51.9 Å². The smallest absolute Gasteiger partial charge is 0.266 e. The minimum absolute atomic E-state index is 0.0265. The quantitative estimate of drug-likeness (QED) is 0.274. The molecule has 7 nitrogen and oxygen atoms in total. The monoisotopic (exact) mass is 498 g/mol. The summed E-state index contributed by atoms with van der Waals surface area (Å²) in [5.74, 6) is 2.05. The van der Waals surface area contributed by atoms with Gasteiger partial charge in [-0.15, -0.1) is 0 Å². The van der Waals surface area contributed by atoms with Gasteiger partial charge in [0.15, 0.2) is 11.5 Å². The number of benzene rings is 2. The number of amides is 2. The topological polar surface area (TPSA) is 77.1 Å². The van der Waals surface area contributed by atoms with Crippen LogP contribution in [0.1, 0.15) is 38.2 Å². The summed E-state index contributed by atoms with van der Waals surface area (Å²) in [5.41, 5.74) is 1.61. The van der Waals surface area contributed by atoms with Crippen LogP contribution in [0, 0.1) is 0 Å². The van der Waals surface area contributed by atoms with Crippen molar-refractivity contribution in [2.75, 3.05) is 25.3 Å². The van der Waals surface area contributed by atoms with Gasteiger partial charge in [0.25, 0.3) is 5.91 Å². The Morgan fingerprint density at radius 3 is 2.74 bits per heavy atom. The molecule has 0 saturated carbocycles. The summed E-state index contributed by atoms with van der Waals surface area (Å²) >= 11 is 6.73. The summed E-state index contributed by atoms with van der Waals surface area (Å²) < 4.78 is 16.7. The van der Waals surface area contributed by atoms with Gasteiger partial charge >= 0.3 is 0 Å². The normalized spacial score (nSPS) is 15.8. The van der Waals surface area contributed by atoms with Gasteiger partial charge < -0.3 is 19.5 Å². The predicted octanol–water partition coefficient (Wildman–Crippen LogP) is 5.21. The van der Waals surface area contributed by atoms with Gasteiger partial charge in [0.2, 0.25) is 12.7 Å². The van der Waals surface area contributed by atoms with Crippen molar-refractivity contribution in [3.05, 3.63) is 52.9 Å². The van der Waals surface area contributed by atoms with Crippen molar-refractivity contribution in [3.63, 3.8) is 0 Å². The van der Waals surface area contributed by atoms with Gasteiger partial charge in [0, 0.05) is 18.7 Å². The first-order chi connectivity index (χ1) is 16.5. The van der Waals surface area contributed by atoms with Crippen molar-refractivity contribution in [1.29, 1.82) is 0 Å². The lowest BCUT2D eigenvalue weighted by molar-refractivity contribution is -0.122. The average Bonchev–Trinajstić information content (AvgIpc) is 3.39. The molecule has 0 atom stereocenters. The highest BCUT2D eigenvalue weighted by Crippen LogP contribution is 2.36. The largest absolute Gasteiger partial charge is 0.494 e. The van der Waals surface area contributed by atoms with Crippen LogP contribution in [0.2, 0.25) is 0 Å². The fourth-order valence-corrected chi connectivity index (χ4v) is 4.91. The van der Waals surface area contributed by atoms with Crippen molar-refractivity contribution in [2.45, 2.75) is 32.6 Å². The molecule has 2 aromatic carbocycles. The molecule has 0 aromatic heterocycles. The van der Waals surface area contributed by atoms with E-state index < -0.39 is 0 Å². The third-order valence-corrected chi connectivity index (χ3v) is 6.68. The van der Waals surface area contributed by atoms with E-state index in [1.54, 1.807) is 4.90 Å². The first kappa shape index (κ1) is 24.1. The number of anilines is 1. The molecule has 4 rings (SSSR count). The third-order valence-electron chi connectivity index (χ3n) is 5.30. The highest BCUT2D eigenvalue weighted by molar-refractivity contribution is 8.26. The molecule has 1 N–H and O–H groups in total. The van der Waals surface area contributed by atoms with Gasteiger partial charge in [-0.05, 0) is 67.8 Å². The standard InChI is InChI=1S/C25H26N2O5S2/c1-2-30-19-10-8-18(9-11-19)26-23(28)6-4-3-5-13-27-24(29)22(34-25(27)33)15-17-7-12-20-21(14-17)32-16-31-20/h7-12,14-15H,2-6,13,16H2,1H3,(H,26,28)/b22-15-. The number of rotatable bonds is 10. The van der Waals surface area contributed by atoms with E-state index in [-0.39, 0.29) is 18.6 Å². The number of ether oxygens (including phenoxy) is 3. The molecule has 2 aliphatic rings. The molecule has 0 radical (unpaired) electrons. The summed E-state index contributed by atoms with van der Waals surface area (Å²) in [7, 11) is 0. The highest BCUT2D eigenvalue weighted by atomic mass is 32.2. The second-order valence-electron chi connectivity index (χ2n) is 7.76. The molecule has 2 amide bonds. The lowest BCUT2D eigenvalue weighted by Gasteiger charge is -2.14. The second kappa shape index (κ2) is 11.4. The summed E-state index contributed by atoms with van der Waals surface area (Å²) in [6.07, 6.45) is 4.60. The molecule has 0 spiro atoms. The van der Waals surface area contributed by atoms with Crippen LogP contribution in [0.4, 0.5) is 5.69 Å². The average molecular weight is 499 g/mol. The Morgan fingerprint density at radius 2 is 1.94 bits per heavy atom. The van der Waals surface area contributed by atoms with Crippen molar-refractivity contribution in [2.24, 2.45) is 0 Å². The first-order valence-electron chi connectivity index (χ1n) is 11.2. The Labute approximate surface area is 208 Å². The van der Waals surface area contributed by atoms with E-state index in [0.29, 0.717) is 40.3 Å². The van der Waals surface area contributed by atoms with Crippen molar-refractivity contribution in [3.8, 4) is 17.2 Å². The van der Waals surface area contributed by atoms with E-state index in [2.05, 4.69) is 5.32 Å². The molecule has 2 aromatic rings. The van der Waals surface area contributed by atoms with Crippen LogP contribution in [-0.2, 0) is 9.59 Å². The van der Waals surface area contributed by atoms with Crippen LogP contribution in [0.5, 0.6) is 17.2 Å². The molecule has 1 saturated heterocycles. The van der Waals surface area contributed by atoms with E-state index in [4.69, 9.17) is 26.4 Å². The van der Waals surface area contributed by atoms with E-state index in [1.165, 1.54) is 11.8 Å². The summed E-state index contributed by atoms with van der Waals surface area (Å²) in [6.45, 7) is 3.29. The summed E-state index contributed by atoms with van der Waals surface area (Å²) in [4.78, 5) is 27.2. The van der Waals surface area contributed by atoms with E-state index in [0.717, 1.165) is 36.3 Å². The number of fused-ring (bicyclic) bond motifs is 1. The summed E-state index contributed by atoms with van der Waals surface area (Å²) in [6, 6.07) is 12.9. The molecule has 0 aliphatic carbocycles. The SMILES string of the molecule is CCOc1ccc(NC(=O)CCCCCN2C(=O)/C(=C/c3ccc4c(c3)OCO4)SC2=S)cc1. The Kier molecular flexibility index (Phi) is 8.08. The molecule has 1 fully saturated rings. The number of nitrogens with zero attached hydrogens (tertiary/aromatic N) is 1. The maximum Gasteiger partial charge on any atom is 0.266 e. The minimum atomic E-state index is -0.0825. The maximum atomic E-state index is 12.8. The number of thioether (sulfide) groups is 1. The van der Waals surface area contributed by atoms with Gasteiger partial charge in [-0.2, -0.15) is 0 Å². The van der Waals surface area contributed by atoms with Gasteiger partial charge in [0.1, 0.15) is 10.1 Å². The number of hydrogen-bond donors (Lipinski definition) is 1. The van der Waals surface area contributed by atoms with Crippen LogP contribution in [0.15, 0.2) is 47.4 Å². The van der Waals surface area contributed by atoms with Crippen LogP contribution < -0.4 is 19.5 Å². The van der Waals surface area contributed by atoms with Crippen LogP contribution in [-0.4, -0.2) is 41.0 Å². The molecule has 34 heavy (non-hydrogen) atoms. The fraction of sp³-hybridized carbons (Fsp3) is 0.320. The zero-order chi connectivity index (χ0) is 23.9. The maximum absolute atomic E-state index is 12.8. The lowest BCUT2D eigenvalue weighted by atomic mass is 10.1. The Morgan fingerprint density at radius 1 is 1.15 bits per heavy atom. The molecule has 2 heterocycles. The number of carbonyl (C=O) groups is 2. The molecule has 2 aliphatic heterocycles.